The Morgan fingerprint density at radius 1 is 0.941 bits per heavy atom. The van der Waals surface area contributed by atoms with Crippen molar-refractivity contribution in [3.05, 3.63) is 35.9 Å². The molecule has 1 aromatic carbocycles. The maximum atomic E-state index is 3.51. The van der Waals surface area contributed by atoms with Gasteiger partial charge >= 0.3 is 0 Å². The van der Waals surface area contributed by atoms with E-state index < -0.39 is 0 Å². The number of nitrogens with one attached hydrogen (secondary N) is 1. The van der Waals surface area contributed by atoms with Crippen LogP contribution in [0.15, 0.2) is 30.3 Å². The van der Waals surface area contributed by atoms with E-state index >= 15 is 0 Å². The summed E-state index contributed by atoms with van der Waals surface area (Å²) in [6.07, 6.45) is 8.44. The van der Waals surface area contributed by atoms with Crippen LogP contribution in [0.25, 0.3) is 0 Å². The molecule has 1 saturated heterocycles. The minimum Gasteiger partial charge on any atom is -0.317 e. The van der Waals surface area contributed by atoms with Crippen LogP contribution in [0.4, 0.5) is 0 Å². The molecular formula is C16H23N. The van der Waals surface area contributed by atoms with Crippen LogP contribution in [0.2, 0.25) is 0 Å². The predicted molar refractivity (Wildman–Crippen MR) is 72.2 cm³/mol. The Labute approximate surface area is 105 Å². The first-order chi connectivity index (χ1) is 8.42. The summed E-state index contributed by atoms with van der Waals surface area (Å²) in [6, 6.07) is 11.3. The quantitative estimate of drug-likeness (QED) is 0.818. The fourth-order valence-corrected chi connectivity index (χ4v) is 4.08. The first-order valence-corrected chi connectivity index (χ1v) is 7.18. The van der Waals surface area contributed by atoms with Crippen LogP contribution in [0.1, 0.15) is 44.1 Å². The molecule has 2 aliphatic rings. The highest BCUT2D eigenvalue weighted by Gasteiger charge is 2.42. The SMILES string of the molecule is c1ccc(C2(C3CCNCC3)CCCC2)cc1. The second kappa shape index (κ2) is 4.81. The fourth-order valence-electron chi connectivity index (χ4n) is 4.08. The highest BCUT2D eigenvalue weighted by atomic mass is 14.9. The van der Waals surface area contributed by atoms with E-state index in [0.717, 1.165) is 5.92 Å². The number of hydrogen-bond acceptors (Lipinski definition) is 1. The maximum absolute atomic E-state index is 3.51. The van der Waals surface area contributed by atoms with Gasteiger partial charge in [-0.15, -0.1) is 0 Å². The van der Waals surface area contributed by atoms with Gasteiger partial charge in [-0.3, -0.25) is 0 Å². The molecule has 1 nitrogen and oxygen atoms in total. The Morgan fingerprint density at radius 3 is 2.24 bits per heavy atom. The number of benzene rings is 1. The minimum atomic E-state index is 0.517. The summed E-state index contributed by atoms with van der Waals surface area (Å²) in [5.41, 5.74) is 2.13. The van der Waals surface area contributed by atoms with E-state index in [2.05, 4.69) is 35.6 Å². The molecule has 1 N–H and O–H groups in total. The van der Waals surface area contributed by atoms with Gasteiger partial charge in [-0.2, -0.15) is 0 Å². The average molecular weight is 229 g/mol. The number of rotatable bonds is 2. The Kier molecular flexibility index (Phi) is 3.19. The second-order valence-electron chi connectivity index (χ2n) is 5.75. The second-order valence-corrected chi connectivity index (χ2v) is 5.75. The van der Waals surface area contributed by atoms with E-state index in [-0.39, 0.29) is 0 Å². The molecule has 1 aliphatic heterocycles. The molecule has 3 rings (SSSR count). The van der Waals surface area contributed by atoms with Gasteiger partial charge in [-0.1, -0.05) is 43.2 Å². The molecule has 1 aromatic rings. The van der Waals surface area contributed by atoms with Crippen LogP contribution in [0, 0.1) is 5.92 Å². The van der Waals surface area contributed by atoms with E-state index in [1.54, 1.807) is 5.56 Å². The zero-order valence-electron chi connectivity index (χ0n) is 10.6. The zero-order valence-corrected chi connectivity index (χ0v) is 10.6. The minimum absolute atomic E-state index is 0.517. The number of hydrogen-bond donors (Lipinski definition) is 1. The third kappa shape index (κ3) is 2.01. The van der Waals surface area contributed by atoms with Gasteiger partial charge in [0, 0.05) is 0 Å². The van der Waals surface area contributed by atoms with Crippen molar-refractivity contribution in [2.24, 2.45) is 5.92 Å². The molecule has 1 heterocycles. The molecule has 0 spiro atoms. The van der Waals surface area contributed by atoms with Gasteiger partial charge in [0.1, 0.15) is 0 Å². The summed E-state index contributed by atoms with van der Waals surface area (Å²) in [4.78, 5) is 0. The largest absolute Gasteiger partial charge is 0.317 e. The Morgan fingerprint density at radius 2 is 1.59 bits per heavy atom. The molecule has 0 amide bonds. The average Bonchev–Trinajstić information content (AvgIpc) is 2.91. The number of piperidine rings is 1. The smallest absolute Gasteiger partial charge is 0.00178 e. The summed E-state index contributed by atoms with van der Waals surface area (Å²) >= 11 is 0. The van der Waals surface area contributed by atoms with Crippen LogP contribution in [0.3, 0.4) is 0 Å². The van der Waals surface area contributed by atoms with Gasteiger partial charge in [0.25, 0.3) is 0 Å². The molecule has 0 atom stereocenters. The van der Waals surface area contributed by atoms with Crippen molar-refractivity contribution >= 4 is 0 Å². The summed E-state index contributed by atoms with van der Waals surface area (Å²) in [5, 5.41) is 3.51. The van der Waals surface area contributed by atoms with E-state index in [0.29, 0.717) is 5.41 Å². The van der Waals surface area contributed by atoms with Gasteiger partial charge in [-0.25, -0.2) is 0 Å². The molecule has 1 saturated carbocycles. The van der Waals surface area contributed by atoms with Crippen molar-refractivity contribution in [3.63, 3.8) is 0 Å². The van der Waals surface area contributed by atoms with Crippen molar-refractivity contribution in [2.45, 2.75) is 43.9 Å². The van der Waals surface area contributed by atoms with Gasteiger partial charge in [-0.05, 0) is 55.7 Å². The third-order valence-corrected chi connectivity index (χ3v) is 4.97. The molecule has 0 unspecified atom stereocenters. The maximum Gasteiger partial charge on any atom is -0.00178 e. The van der Waals surface area contributed by atoms with E-state index in [1.807, 2.05) is 0 Å². The van der Waals surface area contributed by atoms with Crippen LogP contribution >= 0.6 is 0 Å². The lowest BCUT2D eigenvalue weighted by Crippen LogP contribution is -2.40. The normalized spacial score (nSPS) is 24.9. The summed E-state index contributed by atoms with van der Waals surface area (Å²) in [6.45, 7) is 2.44. The highest BCUT2D eigenvalue weighted by Crippen LogP contribution is 2.49. The topological polar surface area (TPSA) is 12.0 Å². The summed E-state index contributed by atoms with van der Waals surface area (Å²) < 4.78 is 0. The molecule has 17 heavy (non-hydrogen) atoms. The van der Waals surface area contributed by atoms with Crippen LogP contribution in [-0.4, -0.2) is 13.1 Å². The van der Waals surface area contributed by atoms with Crippen molar-refractivity contribution < 1.29 is 0 Å². The van der Waals surface area contributed by atoms with Crippen molar-refractivity contribution in [1.29, 1.82) is 0 Å². The lowest BCUT2D eigenvalue weighted by molar-refractivity contribution is 0.214. The zero-order chi connectivity index (χ0) is 11.6. The van der Waals surface area contributed by atoms with Crippen LogP contribution in [-0.2, 0) is 5.41 Å². The van der Waals surface area contributed by atoms with Crippen molar-refractivity contribution in [3.8, 4) is 0 Å². The highest BCUT2D eigenvalue weighted by molar-refractivity contribution is 5.28. The molecule has 0 aromatic heterocycles. The van der Waals surface area contributed by atoms with Gasteiger partial charge in [0.05, 0.1) is 0 Å². The monoisotopic (exact) mass is 229 g/mol. The first-order valence-electron chi connectivity index (χ1n) is 7.18. The van der Waals surface area contributed by atoms with Crippen molar-refractivity contribution in [2.75, 3.05) is 13.1 Å². The Balaban J connectivity index is 1.92. The van der Waals surface area contributed by atoms with E-state index in [4.69, 9.17) is 0 Å². The molecule has 0 radical (unpaired) electrons. The first kappa shape index (κ1) is 11.3. The lowest BCUT2D eigenvalue weighted by atomic mass is 9.66. The molecule has 92 valence electrons. The van der Waals surface area contributed by atoms with Crippen molar-refractivity contribution in [1.82, 2.24) is 5.32 Å². The third-order valence-electron chi connectivity index (χ3n) is 4.97. The van der Waals surface area contributed by atoms with Crippen LogP contribution in [0.5, 0.6) is 0 Å². The molecule has 2 fully saturated rings. The molecule has 1 heteroatoms. The Hall–Kier alpha value is -0.820. The van der Waals surface area contributed by atoms with E-state index in [9.17, 15) is 0 Å². The molecular weight excluding hydrogens is 206 g/mol. The Bertz CT molecular complexity index is 345. The lowest BCUT2D eigenvalue weighted by Gasteiger charge is -2.41. The standard InChI is InChI=1S/C16H23N/c1-2-6-14(7-3-1)16(10-4-5-11-16)15-8-12-17-13-9-15/h1-3,6-7,15,17H,4-5,8-13H2. The molecule has 1 aliphatic carbocycles. The fraction of sp³-hybridized carbons (Fsp3) is 0.625. The van der Waals surface area contributed by atoms with Gasteiger partial charge in [0.2, 0.25) is 0 Å². The van der Waals surface area contributed by atoms with Crippen LogP contribution < -0.4 is 5.32 Å². The van der Waals surface area contributed by atoms with E-state index in [1.165, 1.54) is 51.6 Å². The van der Waals surface area contributed by atoms with Gasteiger partial charge in [0.15, 0.2) is 0 Å². The summed E-state index contributed by atoms with van der Waals surface area (Å²) in [7, 11) is 0. The summed E-state index contributed by atoms with van der Waals surface area (Å²) in [5.74, 6) is 0.911. The van der Waals surface area contributed by atoms with Gasteiger partial charge < -0.3 is 5.32 Å². The predicted octanol–water partition coefficient (Wildman–Crippen LogP) is 3.50. The molecule has 0 bridgehead atoms.